The second-order valence-electron chi connectivity index (χ2n) is 8.63. The fourth-order valence-electron chi connectivity index (χ4n) is 3.61. The Morgan fingerprint density at radius 2 is 1.90 bits per heavy atom. The van der Waals surface area contributed by atoms with E-state index < -0.39 is 0 Å². The zero-order valence-electron chi connectivity index (χ0n) is 18.5. The van der Waals surface area contributed by atoms with Gasteiger partial charge >= 0.3 is 6.09 Å². The Labute approximate surface area is 183 Å². The summed E-state index contributed by atoms with van der Waals surface area (Å²) in [6.07, 6.45) is 4.04. The van der Waals surface area contributed by atoms with E-state index in [4.69, 9.17) is 14.7 Å². The van der Waals surface area contributed by atoms with Crippen molar-refractivity contribution in [1.82, 2.24) is 19.8 Å². The summed E-state index contributed by atoms with van der Waals surface area (Å²) in [6, 6.07) is 9.95. The molecule has 2 heterocycles. The first-order chi connectivity index (χ1) is 14.9. The van der Waals surface area contributed by atoms with Crippen molar-refractivity contribution >= 4 is 6.09 Å². The van der Waals surface area contributed by atoms with Gasteiger partial charge in [-0.2, -0.15) is 5.26 Å². The predicted octanol–water partition coefficient (Wildman–Crippen LogP) is 3.13. The Bertz CT molecular complexity index is 860. The molecule has 1 N–H and O–H groups in total. The third-order valence-electron chi connectivity index (χ3n) is 5.25. The second-order valence-corrected chi connectivity index (χ2v) is 8.63. The van der Waals surface area contributed by atoms with Gasteiger partial charge in [0.1, 0.15) is 6.61 Å². The number of rotatable bonds is 7. The molecule has 8 heteroatoms. The van der Waals surface area contributed by atoms with Crippen molar-refractivity contribution in [3.8, 4) is 6.07 Å². The second kappa shape index (κ2) is 10.4. The number of imidazole rings is 1. The van der Waals surface area contributed by atoms with Crippen LogP contribution in [0, 0.1) is 11.3 Å². The van der Waals surface area contributed by atoms with Crippen LogP contribution < -0.4 is 0 Å². The Balaban J connectivity index is 1.54. The molecule has 1 amide bonds. The van der Waals surface area contributed by atoms with Gasteiger partial charge in [0.2, 0.25) is 0 Å². The molecule has 2 aromatic rings. The lowest BCUT2D eigenvalue weighted by Crippen LogP contribution is -2.50. The van der Waals surface area contributed by atoms with E-state index in [1.165, 1.54) is 0 Å². The largest absolute Gasteiger partial charge is 0.447 e. The Morgan fingerprint density at radius 3 is 2.48 bits per heavy atom. The van der Waals surface area contributed by atoms with Gasteiger partial charge in [-0.15, -0.1) is 0 Å². The molecule has 1 saturated heterocycles. The molecule has 0 aliphatic carbocycles. The first-order valence-electron chi connectivity index (χ1n) is 10.6. The van der Waals surface area contributed by atoms with Gasteiger partial charge in [-0.3, -0.25) is 4.90 Å². The minimum Gasteiger partial charge on any atom is -0.447 e. The number of ether oxygens (including phenoxy) is 2. The molecule has 166 valence electrons. The first-order valence-corrected chi connectivity index (χ1v) is 10.6. The molecule has 0 bridgehead atoms. The van der Waals surface area contributed by atoms with E-state index in [1.54, 1.807) is 11.2 Å². The summed E-state index contributed by atoms with van der Waals surface area (Å²) in [7, 11) is 0. The Kier molecular flexibility index (Phi) is 7.66. The zero-order chi connectivity index (χ0) is 22.3. The van der Waals surface area contributed by atoms with Crippen LogP contribution in [-0.4, -0.2) is 70.9 Å². The van der Waals surface area contributed by atoms with E-state index >= 15 is 0 Å². The highest BCUT2D eigenvalue weighted by Gasteiger charge is 2.28. The molecule has 3 rings (SSSR count). The van der Waals surface area contributed by atoms with Crippen molar-refractivity contribution in [3.63, 3.8) is 0 Å². The minimum atomic E-state index is -0.289. The number of piperazine rings is 1. The van der Waals surface area contributed by atoms with Crippen molar-refractivity contribution in [2.24, 2.45) is 0 Å². The van der Waals surface area contributed by atoms with Gasteiger partial charge in [-0.25, -0.2) is 9.78 Å². The molecule has 1 atom stereocenters. The van der Waals surface area contributed by atoms with Crippen LogP contribution in [0.2, 0.25) is 0 Å². The number of amides is 1. The van der Waals surface area contributed by atoms with Crippen LogP contribution in [0.25, 0.3) is 0 Å². The van der Waals surface area contributed by atoms with Crippen molar-refractivity contribution in [2.75, 3.05) is 39.4 Å². The van der Waals surface area contributed by atoms with E-state index in [1.807, 2.05) is 51.2 Å². The summed E-state index contributed by atoms with van der Waals surface area (Å²) in [4.78, 5) is 23.9. The third-order valence-corrected chi connectivity index (χ3v) is 5.25. The van der Waals surface area contributed by atoms with Crippen LogP contribution in [0.5, 0.6) is 0 Å². The van der Waals surface area contributed by atoms with Crippen molar-refractivity contribution in [3.05, 3.63) is 53.6 Å². The van der Waals surface area contributed by atoms with E-state index in [2.05, 4.69) is 20.9 Å². The maximum absolute atomic E-state index is 12.4. The topological polar surface area (TPSA) is 94.5 Å². The summed E-state index contributed by atoms with van der Waals surface area (Å²) < 4.78 is 11.0. The lowest BCUT2D eigenvalue weighted by molar-refractivity contribution is -0.0284. The number of nitrogens with one attached hydrogen (secondary N) is 1. The number of hydrogen-bond donors (Lipinski definition) is 1. The SMILES string of the molecule is CC(C)(C)OCCOC(=O)N1CCN(C(Cc2ccc(C#N)cc2)c2cnc[nH]2)CC1. The van der Waals surface area contributed by atoms with Gasteiger partial charge in [-0.1, -0.05) is 12.1 Å². The van der Waals surface area contributed by atoms with Crippen LogP contribution in [0.4, 0.5) is 4.79 Å². The predicted molar refractivity (Wildman–Crippen MR) is 116 cm³/mol. The number of benzene rings is 1. The number of carbonyl (C=O) groups excluding carboxylic acids is 1. The van der Waals surface area contributed by atoms with Crippen LogP contribution in [0.1, 0.15) is 43.6 Å². The summed E-state index contributed by atoms with van der Waals surface area (Å²) in [5.41, 5.74) is 2.61. The van der Waals surface area contributed by atoms with Crippen molar-refractivity contribution in [2.45, 2.75) is 38.8 Å². The van der Waals surface area contributed by atoms with Gasteiger partial charge in [0.25, 0.3) is 0 Å². The van der Waals surface area contributed by atoms with Crippen LogP contribution >= 0.6 is 0 Å². The molecule has 1 aliphatic rings. The Morgan fingerprint density at radius 1 is 1.19 bits per heavy atom. The first kappa shape index (κ1) is 22.8. The van der Waals surface area contributed by atoms with Gasteiger partial charge in [-0.05, 0) is 44.9 Å². The summed E-state index contributed by atoms with van der Waals surface area (Å²) in [6.45, 7) is 9.27. The van der Waals surface area contributed by atoms with E-state index in [0.717, 1.165) is 30.8 Å². The molecule has 31 heavy (non-hydrogen) atoms. The van der Waals surface area contributed by atoms with Crippen molar-refractivity contribution in [1.29, 1.82) is 5.26 Å². The molecule has 1 aliphatic heterocycles. The molecule has 1 unspecified atom stereocenters. The van der Waals surface area contributed by atoms with Gasteiger partial charge < -0.3 is 19.4 Å². The highest BCUT2D eigenvalue weighted by molar-refractivity contribution is 5.67. The standard InChI is InChI=1S/C23H31N5O3/c1-23(2,3)31-13-12-30-22(29)28-10-8-27(9-11-28)21(20-16-25-17-26-20)14-18-4-6-19(15-24)7-5-18/h4-7,16-17,21H,8-14H2,1-3H3,(H,25,26). The molecule has 0 spiro atoms. The molecule has 1 aromatic carbocycles. The van der Waals surface area contributed by atoms with Crippen LogP contribution in [-0.2, 0) is 15.9 Å². The minimum absolute atomic E-state index is 0.119. The molecular formula is C23H31N5O3. The van der Waals surface area contributed by atoms with Gasteiger partial charge in [0, 0.05) is 32.4 Å². The number of aromatic nitrogens is 2. The summed E-state index contributed by atoms with van der Waals surface area (Å²) in [5.74, 6) is 0. The van der Waals surface area contributed by atoms with E-state index in [9.17, 15) is 4.79 Å². The maximum atomic E-state index is 12.4. The lowest BCUT2D eigenvalue weighted by atomic mass is 10.0. The molecular weight excluding hydrogens is 394 g/mol. The number of H-pyrrole nitrogens is 1. The monoisotopic (exact) mass is 425 g/mol. The molecule has 1 fully saturated rings. The molecule has 0 radical (unpaired) electrons. The number of nitriles is 1. The fourth-order valence-corrected chi connectivity index (χ4v) is 3.61. The van der Waals surface area contributed by atoms with Gasteiger partial charge in [0.05, 0.1) is 41.9 Å². The average molecular weight is 426 g/mol. The average Bonchev–Trinajstić information content (AvgIpc) is 3.29. The normalized spacial score (nSPS) is 16.0. The number of carbonyl (C=O) groups is 1. The highest BCUT2D eigenvalue weighted by atomic mass is 16.6. The zero-order valence-corrected chi connectivity index (χ0v) is 18.5. The quantitative estimate of drug-likeness (QED) is 0.685. The number of aromatic amines is 1. The molecule has 0 saturated carbocycles. The molecule has 8 nitrogen and oxygen atoms in total. The number of nitrogens with zero attached hydrogens (tertiary/aromatic N) is 4. The summed E-state index contributed by atoms with van der Waals surface area (Å²) >= 11 is 0. The van der Waals surface area contributed by atoms with Crippen LogP contribution in [0.3, 0.4) is 0 Å². The summed E-state index contributed by atoms with van der Waals surface area (Å²) in [5, 5.41) is 9.02. The smallest absolute Gasteiger partial charge is 0.409 e. The van der Waals surface area contributed by atoms with E-state index in [0.29, 0.717) is 25.3 Å². The van der Waals surface area contributed by atoms with Crippen molar-refractivity contribution < 1.29 is 14.3 Å². The fraction of sp³-hybridized carbons (Fsp3) is 0.522. The van der Waals surface area contributed by atoms with E-state index in [-0.39, 0.29) is 24.3 Å². The third kappa shape index (κ3) is 6.81. The van der Waals surface area contributed by atoms with Gasteiger partial charge in [0.15, 0.2) is 0 Å². The Hall–Kier alpha value is -2.89. The lowest BCUT2D eigenvalue weighted by Gasteiger charge is -2.38. The maximum Gasteiger partial charge on any atom is 0.409 e. The number of hydrogen-bond acceptors (Lipinski definition) is 6. The highest BCUT2D eigenvalue weighted by Crippen LogP contribution is 2.25. The van der Waals surface area contributed by atoms with Crippen LogP contribution in [0.15, 0.2) is 36.8 Å². The molecule has 1 aromatic heterocycles.